The first-order valence-electron chi connectivity index (χ1n) is 4.51. The van der Waals surface area contributed by atoms with Gasteiger partial charge in [-0.1, -0.05) is 17.7 Å². The average molecular weight is 229 g/mol. The van der Waals surface area contributed by atoms with Crippen LogP contribution in [0.4, 0.5) is 0 Å². The summed E-state index contributed by atoms with van der Waals surface area (Å²) in [6, 6.07) is 5.24. The molecule has 0 spiro atoms. The zero-order chi connectivity index (χ0) is 11.4. The molecule has 1 aromatic carbocycles. The highest BCUT2D eigenvalue weighted by atomic mass is 35.5. The molecule has 0 aliphatic carbocycles. The number of rotatable bonds is 3. The molecule has 0 aliphatic rings. The van der Waals surface area contributed by atoms with E-state index >= 15 is 0 Å². The van der Waals surface area contributed by atoms with E-state index < -0.39 is 0 Å². The fourth-order valence-corrected chi connectivity index (χ4v) is 1.53. The summed E-state index contributed by atoms with van der Waals surface area (Å²) >= 11 is 5.94. The maximum absolute atomic E-state index is 11.3. The normalized spacial score (nSPS) is 12.0. The zero-order valence-corrected chi connectivity index (χ0v) is 9.67. The summed E-state index contributed by atoms with van der Waals surface area (Å²) < 4.78 is 9.67. The van der Waals surface area contributed by atoms with Crippen LogP contribution in [0.25, 0.3) is 0 Å². The van der Waals surface area contributed by atoms with Crippen LogP contribution in [0.2, 0.25) is 5.02 Å². The van der Waals surface area contributed by atoms with Gasteiger partial charge < -0.3 is 9.47 Å². The molecule has 82 valence electrons. The van der Waals surface area contributed by atoms with Crippen LogP contribution in [-0.4, -0.2) is 20.2 Å². The lowest BCUT2D eigenvalue weighted by atomic mass is 10.0. The minimum atomic E-state index is -0.321. The van der Waals surface area contributed by atoms with E-state index in [4.69, 9.17) is 16.3 Å². The third-order valence-corrected chi connectivity index (χ3v) is 2.53. The van der Waals surface area contributed by atoms with Crippen molar-refractivity contribution in [3.8, 4) is 5.75 Å². The Bertz CT molecular complexity index is 363. The van der Waals surface area contributed by atoms with Crippen LogP contribution in [0.5, 0.6) is 5.75 Å². The van der Waals surface area contributed by atoms with Gasteiger partial charge in [-0.25, -0.2) is 0 Å². The van der Waals surface area contributed by atoms with Gasteiger partial charge in [0.1, 0.15) is 5.75 Å². The number of ether oxygens (including phenoxy) is 2. The van der Waals surface area contributed by atoms with E-state index in [9.17, 15) is 4.79 Å². The van der Waals surface area contributed by atoms with Crippen LogP contribution < -0.4 is 4.74 Å². The molecule has 3 nitrogen and oxygen atoms in total. The number of hydrogen-bond acceptors (Lipinski definition) is 3. The molecule has 0 aliphatic heterocycles. The molecule has 0 N–H and O–H groups in total. The van der Waals surface area contributed by atoms with Crippen molar-refractivity contribution in [2.24, 2.45) is 0 Å². The highest BCUT2D eigenvalue weighted by Gasteiger charge is 2.16. The van der Waals surface area contributed by atoms with E-state index in [1.807, 2.05) is 0 Å². The summed E-state index contributed by atoms with van der Waals surface area (Å²) in [6.45, 7) is 1.77. The lowest BCUT2D eigenvalue weighted by Crippen LogP contribution is -2.10. The second-order valence-corrected chi connectivity index (χ2v) is 3.55. The van der Waals surface area contributed by atoms with Crippen molar-refractivity contribution in [2.45, 2.75) is 12.8 Å². The fraction of sp³-hybridized carbons (Fsp3) is 0.364. The summed E-state index contributed by atoms with van der Waals surface area (Å²) in [5.74, 6) is -0.00729. The zero-order valence-electron chi connectivity index (χ0n) is 8.91. The van der Waals surface area contributed by atoms with Crippen LogP contribution >= 0.6 is 11.6 Å². The third-order valence-electron chi connectivity index (χ3n) is 2.23. The van der Waals surface area contributed by atoms with Crippen LogP contribution in [0.1, 0.15) is 18.4 Å². The molecule has 0 aromatic heterocycles. The Balaban J connectivity index is 2.97. The second-order valence-electron chi connectivity index (χ2n) is 3.14. The van der Waals surface area contributed by atoms with Crippen LogP contribution in [0.3, 0.4) is 0 Å². The largest absolute Gasteiger partial charge is 0.495 e. The maximum Gasteiger partial charge on any atom is 0.312 e. The Morgan fingerprint density at radius 1 is 1.40 bits per heavy atom. The van der Waals surface area contributed by atoms with Gasteiger partial charge in [-0.3, -0.25) is 4.79 Å². The van der Waals surface area contributed by atoms with Gasteiger partial charge in [0.25, 0.3) is 0 Å². The standard InChI is InChI=1S/C11H13ClO3/c1-7(11(13)15-3)8-4-5-10(14-2)9(12)6-8/h4-7H,1-3H3. The number of esters is 1. The molecule has 0 saturated carbocycles. The summed E-state index contributed by atoms with van der Waals surface area (Å²) in [6.07, 6.45) is 0. The first-order chi connectivity index (χ1) is 7.10. The monoisotopic (exact) mass is 228 g/mol. The van der Waals surface area contributed by atoms with Gasteiger partial charge >= 0.3 is 5.97 Å². The Kier molecular flexibility index (Phi) is 3.97. The highest BCUT2D eigenvalue weighted by Crippen LogP contribution is 2.28. The molecule has 0 heterocycles. The number of benzene rings is 1. The van der Waals surface area contributed by atoms with E-state index in [1.165, 1.54) is 7.11 Å². The number of carbonyl (C=O) groups excluding carboxylic acids is 1. The van der Waals surface area contributed by atoms with Crippen LogP contribution in [-0.2, 0) is 9.53 Å². The Morgan fingerprint density at radius 3 is 2.53 bits per heavy atom. The minimum absolute atomic E-state index is 0.281. The molecule has 1 unspecified atom stereocenters. The molecule has 4 heteroatoms. The predicted octanol–water partition coefficient (Wildman–Crippen LogP) is 2.63. The van der Waals surface area contributed by atoms with E-state index in [2.05, 4.69) is 4.74 Å². The van der Waals surface area contributed by atoms with E-state index in [0.29, 0.717) is 10.8 Å². The highest BCUT2D eigenvalue weighted by molar-refractivity contribution is 6.32. The maximum atomic E-state index is 11.3. The van der Waals surface area contributed by atoms with Crippen molar-refractivity contribution in [1.29, 1.82) is 0 Å². The Morgan fingerprint density at radius 2 is 2.07 bits per heavy atom. The molecular formula is C11H13ClO3. The van der Waals surface area contributed by atoms with Crippen LogP contribution in [0.15, 0.2) is 18.2 Å². The van der Waals surface area contributed by atoms with Crippen molar-refractivity contribution in [3.63, 3.8) is 0 Å². The van der Waals surface area contributed by atoms with Gasteiger partial charge in [0, 0.05) is 0 Å². The van der Waals surface area contributed by atoms with Gasteiger partial charge in [-0.2, -0.15) is 0 Å². The summed E-state index contributed by atoms with van der Waals surface area (Å²) in [7, 11) is 2.91. The lowest BCUT2D eigenvalue weighted by Gasteiger charge is -2.11. The number of halogens is 1. The molecule has 0 fully saturated rings. The molecule has 0 radical (unpaired) electrons. The Labute approximate surface area is 93.9 Å². The topological polar surface area (TPSA) is 35.5 Å². The van der Waals surface area contributed by atoms with Crippen LogP contribution in [0, 0.1) is 0 Å². The first-order valence-corrected chi connectivity index (χ1v) is 4.89. The first kappa shape index (κ1) is 11.9. The van der Waals surface area contributed by atoms with Crippen molar-refractivity contribution in [1.82, 2.24) is 0 Å². The van der Waals surface area contributed by atoms with Crippen molar-refractivity contribution >= 4 is 17.6 Å². The number of carbonyl (C=O) groups is 1. The quantitative estimate of drug-likeness (QED) is 0.746. The average Bonchev–Trinajstić information content (AvgIpc) is 2.26. The molecule has 15 heavy (non-hydrogen) atoms. The predicted molar refractivity (Wildman–Crippen MR) is 58.4 cm³/mol. The smallest absolute Gasteiger partial charge is 0.312 e. The molecule has 0 bridgehead atoms. The van der Waals surface area contributed by atoms with Crippen molar-refractivity contribution in [2.75, 3.05) is 14.2 Å². The molecule has 1 rings (SSSR count). The molecule has 0 amide bonds. The number of methoxy groups -OCH3 is 2. The summed E-state index contributed by atoms with van der Waals surface area (Å²) in [4.78, 5) is 11.3. The summed E-state index contributed by atoms with van der Waals surface area (Å²) in [5.41, 5.74) is 0.813. The molecular weight excluding hydrogens is 216 g/mol. The lowest BCUT2D eigenvalue weighted by molar-refractivity contribution is -0.141. The van der Waals surface area contributed by atoms with Crippen molar-refractivity contribution in [3.05, 3.63) is 28.8 Å². The van der Waals surface area contributed by atoms with Crippen molar-refractivity contribution < 1.29 is 14.3 Å². The van der Waals surface area contributed by atoms with Gasteiger partial charge in [0.15, 0.2) is 0 Å². The van der Waals surface area contributed by atoms with E-state index in [-0.39, 0.29) is 11.9 Å². The molecule has 0 saturated heterocycles. The van der Waals surface area contributed by atoms with Gasteiger partial charge in [0.05, 0.1) is 25.2 Å². The number of hydrogen-bond donors (Lipinski definition) is 0. The third kappa shape index (κ3) is 2.63. The fourth-order valence-electron chi connectivity index (χ4n) is 1.26. The van der Waals surface area contributed by atoms with Gasteiger partial charge in [0.2, 0.25) is 0 Å². The molecule has 1 atom stereocenters. The van der Waals surface area contributed by atoms with Gasteiger partial charge in [-0.05, 0) is 24.6 Å². The minimum Gasteiger partial charge on any atom is -0.495 e. The summed E-state index contributed by atoms with van der Waals surface area (Å²) in [5, 5.41) is 0.491. The second kappa shape index (κ2) is 5.03. The Hall–Kier alpha value is -1.22. The molecule has 1 aromatic rings. The SMILES string of the molecule is COC(=O)C(C)c1ccc(OC)c(Cl)c1. The van der Waals surface area contributed by atoms with E-state index in [0.717, 1.165) is 5.56 Å². The van der Waals surface area contributed by atoms with E-state index in [1.54, 1.807) is 32.2 Å². The van der Waals surface area contributed by atoms with Gasteiger partial charge in [-0.15, -0.1) is 0 Å².